The van der Waals surface area contributed by atoms with Crippen molar-refractivity contribution >= 4 is 24.0 Å². The van der Waals surface area contributed by atoms with Crippen LogP contribution in [0.5, 0.6) is 17.2 Å². The van der Waals surface area contributed by atoms with Crippen LogP contribution in [0, 0.1) is 0 Å². The van der Waals surface area contributed by atoms with Gasteiger partial charge in [-0.15, -0.1) is 12.4 Å². The Kier molecular flexibility index (Phi) is 9.81. The number of methoxy groups -OCH3 is 2. The first-order chi connectivity index (χ1) is 14.2. The third kappa shape index (κ3) is 6.84. The maximum atomic E-state index is 6.02. The number of ether oxygens (including phenoxy) is 3. The molecule has 160 valence electrons. The molecule has 30 heavy (non-hydrogen) atoms. The number of hydrogen-bond donors (Lipinski definition) is 1. The molecule has 0 amide bonds. The van der Waals surface area contributed by atoms with E-state index in [1.165, 1.54) is 5.56 Å². The Morgan fingerprint density at radius 2 is 1.50 bits per heavy atom. The molecule has 3 aromatic rings. The van der Waals surface area contributed by atoms with Crippen LogP contribution in [0.1, 0.15) is 16.7 Å². The highest BCUT2D eigenvalue weighted by Crippen LogP contribution is 2.27. The summed E-state index contributed by atoms with van der Waals surface area (Å²) in [7, 11) is 3.30. The van der Waals surface area contributed by atoms with Gasteiger partial charge in [0.05, 0.1) is 14.2 Å². The van der Waals surface area contributed by atoms with Crippen LogP contribution in [0.25, 0.3) is 0 Å². The lowest BCUT2D eigenvalue weighted by Gasteiger charge is -2.13. The maximum Gasteiger partial charge on any atom is 0.160 e. The third-order valence-electron chi connectivity index (χ3n) is 4.63. The molecule has 0 bridgehead atoms. The largest absolute Gasteiger partial charge is 0.493 e. The lowest BCUT2D eigenvalue weighted by atomic mass is 10.1. The van der Waals surface area contributed by atoms with Gasteiger partial charge in [0.1, 0.15) is 12.4 Å². The van der Waals surface area contributed by atoms with Gasteiger partial charge in [0, 0.05) is 17.1 Å². The highest BCUT2D eigenvalue weighted by atomic mass is 35.5. The summed E-state index contributed by atoms with van der Waals surface area (Å²) in [5, 5.41) is 4.22. The Morgan fingerprint density at radius 3 is 2.23 bits per heavy atom. The zero-order chi connectivity index (χ0) is 20.5. The Hall–Kier alpha value is -2.40. The molecule has 3 aromatic carbocycles. The molecule has 0 fully saturated rings. The van der Waals surface area contributed by atoms with E-state index in [-0.39, 0.29) is 12.4 Å². The first-order valence-electron chi connectivity index (χ1n) is 9.56. The van der Waals surface area contributed by atoms with Gasteiger partial charge in [0.15, 0.2) is 11.5 Å². The fourth-order valence-electron chi connectivity index (χ4n) is 3.02. The van der Waals surface area contributed by atoms with Gasteiger partial charge >= 0.3 is 0 Å². The highest BCUT2D eigenvalue weighted by Gasteiger charge is 2.06. The van der Waals surface area contributed by atoms with Gasteiger partial charge in [-0.1, -0.05) is 48.0 Å². The average Bonchev–Trinajstić information content (AvgIpc) is 2.76. The molecule has 0 heterocycles. The number of para-hydroxylation sites is 1. The zero-order valence-electron chi connectivity index (χ0n) is 17.2. The van der Waals surface area contributed by atoms with Crippen LogP contribution >= 0.6 is 24.0 Å². The van der Waals surface area contributed by atoms with E-state index in [0.29, 0.717) is 6.61 Å². The molecule has 0 atom stereocenters. The van der Waals surface area contributed by atoms with Crippen molar-refractivity contribution in [2.24, 2.45) is 0 Å². The minimum Gasteiger partial charge on any atom is -0.493 e. The molecule has 0 radical (unpaired) electrons. The quantitative estimate of drug-likeness (QED) is 0.405. The fourth-order valence-corrected chi connectivity index (χ4v) is 3.15. The number of hydrogen-bond acceptors (Lipinski definition) is 4. The van der Waals surface area contributed by atoms with Crippen LogP contribution in [0.4, 0.5) is 0 Å². The summed E-state index contributed by atoms with van der Waals surface area (Å²) in [5.74, 6) is 2.39. The standard InChI is InChI=1S/C24H26ClNO3.ClH/c1-27-23-12-9-18(15-24(23)28-2)13-14-26-16-20-5-3-4-6-22(20)29-17-19-7-10-21(25)11-8-19;/h3-12,15,26H,13-14,16-17H2,1-2H3;1H. The van der Waals surface area contributed by atoms with Crippen LogP contribution in [0.3, 0.4) is 0 Å². The molecule has 0 saturated carbocycles. The first kappa shape index (κ1) is 23.9. The van der Waals surface area contributed by atoms with Crippen LogP contribution in [-0.4, -0.2) is 20.8 Å². The second kappa shape index (κ2) is 12.3. The smallest absolute Gasteiger partial charge is 0.160 e. The van der Waals surface area contributed by atoms with E-state index in [4.69, 9.17) is 25.8 Å². The molecule has 3 rings (SSSR count). The van der Waals surface area contributed by atoms with E-state index in [9.17, 15) is 0 Å². The Labute approximate surface area is 189 Å². The minimum atomic E-state index is 0. The van der Waals surface area contributed by atoms with Gasteiger partial charge in [-0.2, -0.15) is 0 Å². The molecule has 6 heteroatoms. The van der Waals surface area contributed by atoms with Crippen LogP contribution in [0.15, 0.2) is 66.7 Å². The number of benzene rings is 3. The lowest BCUT2D eigenvalue weighted by Crippen LogP contribution is -2.17. The normalized spacial score (nSPS) is 10.2. The predicted molar refractivity (Wildman–Crippen MR) is 124 cm³/mol. The zero-order valence-corrected chi connectivity index (χ0v) is 18.8. The summed E-state index contributed by atoms with van der Waals surface area (Å²) in [6, 6.07) is 21.8. The molecule has 0 unspecified atom stereocenters. The molecule has 1 N–H and O–H groups in total. The molecule has 4 nitrogen and oxygen atoms in total. The van der Waals surface area contributed by atoms with Crippen molar-refractivity contribution in [1.29, 1.82) is 0 Å². The molecule has 0 aliphatic rings. The van der Waals surface area contributed by atoms with Crippen LogP contribution in [-0.2, 0) is 19.6 Å². The van der Waals surface area contributed by atoms with Gasteiger partial charge in [-0.25, -0.2) is 0 Å². The van der Waals surface area contributed by atoms with E-state index in [0.717, 1.165) is 52.9 Å². The Bertz CT molecular complexity index is 917. The fraction of sp³-hybridized carbons (Fsp3) is 0.250. The van der Waals surface area contributed by atoms with Crippen LogP contribution < -0.4 is 19.5 Å². The topological polar surface area (TPSA) is 39.7 Å². The van der Waals surface area contributed by atoms with Crippen molar-refractivity contribution in [3.05, 3.63) is 88.4 Å². The molecule has 0 spiro atoms. The van der Waals surface area contributed by atoms with Gasteiger partial charge in [-0.05, 0) is 54.4 Å². The van der Waals surface area contributed by atoms with E-state index >= 15 is 0 Å². The first-order valence-corrected chi connectivity index (χ1v) is 9.94. The summed E-state index contributed by atoms with van der Waals surface area (Å²) in [6.07, 6.45) is 0.897. The van der Waals surface area contributed by atoms with E-state index < -0.39 is 0 Å². The monoisotopic (exact) mass is 447 g/mol. The predicted octanol–water partition coefficient (Wildman–Crippen LogP) is 5.69. The van der Waals surface area contributed by atoms with Crippen molar-refractivity contribution in [1.82, 2.24) is 5.32 Å². The van der Waals surface area contributed by atoms with E-state index in [1.54, 1.807) is 14.2 Å². The molecule has 0 aliphatic heterocycles. The molecular formula is C24H27Cl2NO3. The van der Waals surface area contributed by atoms with Crippen molar-refractivity contribution in [2.75, 3.05) is 20.8 Å². The minimum absolute atomic E-state index is 0. The van der Waals surface area contributed by atoms with Gasteiger partial charge in [-0.3, -0.25) is 0 Å². The summed E-state index contributed by atoms with van der Waals surface area (Å²) in [5.41, 5.74) is 3.42. The van der Waals surface area contributed by atoms with Crippen molar-refractivity contribution in [3.8, 4) is 17.2 Å². The Morgan fingerprint density at radius 1 is 0.800 bits per heavy atom. The third-order valence-corrected chi connectivity index (χ3v) is 4.89. The second-order valence-corrected chi connectivity index (χ2v) is 7.08. The van der Waals surface area contributed by atoms with Crippen LogP contribution in [0.2, 0.25) is 5.02 Å². The molecular weight excluding hydrogens is 421 g/mol. The van der Waals surface area contributed by atoms with Crippen molar-refractivity contribution < 1.29 is 14.2 Å². The average molecular weight is 448 g/mol. The van der Waals surface area contributed by atoms with E-state index in [2.05, 4.69) is 17.4 Å². The SMILES string of the molecule is COc1ccc(CCNCc2ccccc2OCc2ccc(Cl)cc2)cc1OC.Cl. The highest BCUT2D eigenvalue weighted by molar-refractivity contribution is 6.30. The second-order valence-electron chi connectivity index (χ2n) is 6.64. The Balaban J connectivity index is 0.00000320. The van der Waals surface area contributed by atoms with Gasteiger partial charge in [0.25, 0.3) is 0 Å². The molecule has 0 saturated heterocycles. The lowest BCUT2D eigenvalue weighted by molar-refractivity contribution is 0.302. The van der Waals surface area contributed by atoms with E-state index in [1.807, 2.05) is 54.6 Å². The molecule has 0 aliphatic carbocycles. The summed E-state index contributed by atoms with van der Waals surface area (Å²) < 4.78 is 16.7. The van der Waals surface area contributed by atoms with Gasteiger partial charge in [0.2, 0.25) is 0 Å². The maximum absolute atomic E-state index is 6.02. The summed E-state index contributed by atoms with van der Waals surface area (Å²) in [4.78, 5) is 0. The van der Waals surface area contributed by atoms with Crippen molar-refractivity contribution in [3.63, 3.8) is 0 Å². The number of halogens is 2. The summed E-state index contributed by atoms with van der Waals surface area (Å²) in [6.45, 7) is 2.10. The van der Waals surface area contributed by atoms with Gasteiger partial charge < -0.3 is 19.5 Å². The van der Waals surface area contributed by atoms with Crippen molar-refractivity contribution in [2.45, 2.75) is 19.6 Å². The summed E-state index contributed by atoms with van der Waals surface area (Å²) >= 11 is 5.94. The molecule has 0 aromatic heterocycles. The number of rotatable bonds is 10. The number of nitrogens with one attached hydrogen (secondary N) is 1.